The average molecular weight is 482 g/mol. The van der Waals surface area contributed by atoms with Crippen LogP contribution in [0.3, 0.4) is 0 Å². The molecule has 1 saturated carbocycles. The van der Waals surface area contributed by atoms with E-state index in [2.05, 4.69) is 15.2 Å². The largest absolute Gasteiger partial charge is 0.476 e. The molecule has 2 N–H and O–H groups in total. The molecule has 1 spiro atoms. The number of hydrogen-bond acceptors (Lipinski definition) is 6. The molecule has 5 rings (SSSR count). The van der Waals surface area contributed by atoms with Gasteiger partial charge in [0.1, 0.15) is 10.7 Å². The third kappa shape index (κ3) is 4.02. The molecule has 34 heavy (non-hydrogen) atoms. The molecule has 178 valence electrons. The molecular formula is C26H28ClN3O4. The normalized spacial score (nSPS) is 17.7. The van der Waals surface area contributed by atoms with Gasteiger partial charge in [-0.25, -0.2) is 9.78 Å². The van der Waals surface area contributed by atoms with Crippen LogP contribution in [0.5, 0.6) is 0 Å². The number of hydrogen-bond donors (Lipinski definition) is 2. The molecule has 8 heteroatoms. The number of fused-ring (bicyclic) bond motifs is 1. The summed E-state index contributed by atoms with van der Waals surface area (Å²) in [4.78, 5) is 31.2. The first-order valence-electron chi connectivity index (χ1n) is 11.7. The Morgan fingerprint density at radius 2 is 1.91 bits per heavy atom. The summed E-state index contributed by atoms with van der Waals surface area (Å²) >= 11 is 5.90. The van der Waals surface area contributed by atoms with Crippen molar-refractivity contribution in [2.75, 3.05) is 23.3 Å². The van der Waals surface area contributed by atoms with Crippen LogP contribution >= 0.6 is 11.6 Å². The van der Waals surface area contributed by atoms with Crippen LogP contribution in [0, 0.1) is 19.3 Å². The van der Waals surface area contributed by atoms with E-state index in [0.29, 0.717) is 33.5 Å². The number of aryl methyl sites for hydroxylation is 1. The Labute approximate surface area is 202 Å². The van der Waals surface area contributed by atoms with Gasteiger partial charge in [0, 0.05) is 18.7 Å². The molecule has 7 nitrogen and oxygen atoms in total. The van der Waals surface area contributed by atoms with E-state index in [0.717, 1.165) is 37.1 Å². The highest BCUT2D eigenvalue weighted by molar-refractivity contribution is 6.29. The van der Waals surface area contributed by atoms with Gasteiger partial charge in [0.05, 0.1) is 22.7 Å². The third-order valence-electron chi connectivity index (χ3n) is 7.34. The highest BCUT2D eigenvalue weighted by atomic mass is 35.5. The predicted octanol–water partition coefficient (Wildman–Crippen LogP) is 5.71. The molecule has 2 aliphatic rings. The van der Waals surface area contributed by atoms with Gasteiger partial charge in [-0.3, -0.25) is 4.79 Å². The molecule has 1 aromatic carbocycles. The maximum absolute atomic E-state index is 13.4. The van der Waals surface area contributed by atoms with Gasteiger partial charge < -0.3 is 19.7 Å². The molecule has 2 fully saturated rings. The average Bonchev–Trinajstić information content (AvgIpc) is 3.56. The highest BCUT2D eigenvalue weighted by Gasteiger charge is 2.45. The second-order valence-corrected chi connectivity index (χ2v) is 10.2. The third-order valence-corrected chi connectivity index (χ3v) is 7.55. The Bertz CT molecular complexity index is 1350. The van der Waals surface area contributed by atoms with Crippen LogP contribution in [0.15, 0.2) is 33.5 Å². The summed E-state index contributed by atoms with van der Waals surface area (Å²) in [5.41, 5.74) is 3.56. The number of carboxylic acid groups (broad SMARTS) is 1. The van der Waals surface area contributed by atoms with Gasteiger partial charge in [0.2, 0.25) is 5.88 Å². The molecule has 1 unspecified atom stereocenters. The fraction of sp³-hybridized carbons (Fsp3) is 0.423. The number of aromatic nitrogens is 1. The fourth-order valence-corrected chi connectivity index (χ4v) is 5.21. The zero-order valence-electron chi connectivity index (χ0n) is 19.6. The number of halogens is 1. The Morgan fingerprint density at radius 3 is 2.56 bits per heavy atom. The van der Waals surface area contributed by atoms with Crippen molar-refractivity contribution in [2.45, 2.75) is 52.5 Å². The first-order chi connectivity index (χ1) is 16.2. The first kappa shape index (κ1) is 22.7. The van der Waals surface area contributed by atoms with E-state index in [1.54, 1.807) is 12.1 Å². The van der Waals surface area contributed by atoms with Crippen molar-refractivity contribution in [3.63, 3.8) is 0 Å². The SMILES string of the molecule is Cc1cc(C(C)Nc2ccc(Cl)nc2C(=O)O)c2oc(N3CCC4(CC3)CC4)c(C)c(=O)c2c1. The van der Waals surface area contributed by atoms with Crippen LogP contribution in [0.4, 0.5) is 11.6 Å². The monoisotopic (exact) mass is 481 g/mol. The Balaban J connectivity index is 1.56. The number of pyridine rings is 1. The second kappa shape index (κ2) is 8.31. The maximum Gasteiger partial charge on any atom is 0.356 e. The maximum atomic E-state index is 13.4. The summed E-state index contributed by atoms with van der Waals surface area (Å²) in [6.07, 6.45) is 4.89. The topological polar surface area (TPSA) is 95.7 Å². The van der Waals surface area contributed by atoms with Crippen molar-refractivity contribution in [3.8, 4) is 0 Å². The van der Waals surface area contributed by atoms with Gasteiger partial charge >= 0.3 is 5.97 Å². The van der Waals surface area contributed by atoms with E-state index in [-0.39, 0.29) is 22.3 Å². The predicted molar refractivity (Wildman–Crippen MR) is 133 cm³/mol. The van der Waals surface area contributed by atoms with Crippen molar-refractivity contribution < 1.29 is 14.3 Å². The summed E-state index contributed by atoms with van der Waals surface area (Å²) in [5, 5.41) is 13.4. The molecule has 1 saturated heterocycles. The standard InChI is InChI=1S/C26H28ClN3O4/c1-14-12-17(16(3)28-19-4-5-20(27)29-21(19)25(32)33)23-18(13-14)22(31)15(2)24(34-23)30-10-8-26(6-7-26)9-11-30/h4-5,12-13,16,28H,6-11H2,1-3H3,(H,32,33). The lowest BCUT2D eigenvalue weighted by Crippen LogP contribution is -2.35. The minimum atomic E-state index is -1.17. The van der Waals surface area contributed by atoms with Crippen LogP contribution in [0.25, 0.3) is 11.0 Å². The minimum Gasteiger partial charge on any atom is -0.476 e. The molecule has 3 aromatic rings. The molecular weight excluding hydrogens is 454 g/mol. The van der Waals surface area contributed by atoms with E-state index in [1.807, 2.05) is 32.9 Å². The molecule has 0 bridgehead atoms. The number of carbonyl (C=O) groups is 1. The van der Waals surface area contributed by atoms with E-state index < -0.39 is 5.97 Å². The van der Waals surface area contributed by atoms with Gasteiger partial charge in [0.25, 0.3) is 0 Å². The summed E-state index contributed by atoms with van der Waals surface area (Å²) in [6.45, 7) is 7.46. The number of nitrogens with one attached hydrogen (secondary N) is 1. The summed E-state index contributed by atoms with van der Waals surface area (Å²) < 4.78 is 6.48. The van der Waals surface area contributed by atoms with Crippen LogP contribution in [-0.4, -0.2) is 29.1 Å². The number of benzene rings is 1. The quantitative estimate of drug-likeness (QED) is 0.450. The number of nitrogens with zero attached hydrogens (tertiary/aromatic N) is 2. The van der Waals surface area contributed by atoms with Crippen molar-refractivity contribution >= 4 is 40.1 Å². The van der Waals surface area contributed by atoms with Crippen LogP contribution < -0.4 is 15.6 Å². The Morgan fingerprint density at radius 1 is 1.21 bits per heavy atom. The molecule has 3 heterocycles. The first-order valence-corrected chi connectivity index (χ1v) is 12.0. The van der Waals surface area contributed by atoms with Crippen LogP contribution in [-0.2, 0) is 0 Å². The van der Waals surface area contributed by atoms with Gasteiger partial charge in [-0.2, -0.15) is 0 Å². The summed E-state index contributed by atoms with van der Waals surface area (Å²) in [7, 11) is 0. The van der Waals surface area contributed by atoms with Gasteiger partial charge in [-0.15, -0.1) is 0 Å². The number of aromatic carboxylic acids is 1. The lowest BCUT2D eigenvalue weighted by atomic mass is 9.93. The molecule has 0 radical (unpaired) electrons. The smallest absolute Gasteiger partial charge is 0.356 e. The number of rotatable bonds is 5. The zero-order chi connectivity index (χ0) is 24.2. The summed E-state index contributed by atoms with van der Waals surface area (Å²) in [5.74, 6) is -0.529. The zero-order valence-corrected chi connectivity index (χ0v) is 20.3. The van der Waals surface area contributed by atoms with Crippen LogP contribution in [0.1, 0.15) is 65.8 Å². The van der Waals surface area contributed by atoms with Crippen LogP contribution in [0.2, 0.25) is 5.15 Å². The molecule has 1 aliphatic heterocycles. The lowest BCUT2D eigenvalue weighted by molar-refractivity contribution is 0.0691. The number of piperidine rings is 1. The molecule has 1 atom stereocenters. The second-order valence-electron chi connectivity index (χ2n) is 9.78. The van der Waals surface area contributed by atoms with Gasteiger partial charge in [0.15, 0.2) is 11.1 Å². The fourth-order valence-electron chi connectivity index (χ4n) is 5.07. The van der Waals surface area contributed by atoms with Crippen molar-refractivity contribution in [3.05, 3.63) is 62.0 Å². The number of carboxylic acids is 1. The molecule has 1 aliphatic carbocycles. The van der Waals surface area contributed by atoms with Crippen molar-refractivity contribution in [1.29, 1.82) is 0 Å². The van der Waals surface area contributed by atoms with E-state index >= 15 is 0 Å². The van der Waals surface area contributed by atoms with E-state index in [1.165, 1.54) is 12.8 Å². The number of anilines is 2. The Kier molecular flexibility index (Phi) is 5.55. The van der Waals surface area contributed by atoms with Crippen molar-refractivity contribution in [1.82, 2.24) is 4.98 Å². The van der Waals surface area contributed by atoms with Gasteiger partial charge in [-0.1, -0.05) is 17.7 Å². The van der Waals surface area contributed by atoms with Crippen molar-refractivity contribution in [2.24, 2.45) is 5.41 Å². The highest BCUT2D eigenvalue weighted by Crippen LogP contribution is 2.54. The lowest BCUT2D eigenvalue weighted by Gasteiger charge is -2.33. The van der Waals surface area contributed by atoms with E-state index in [4.69, 9.17) is 16.0 Å². The van der Waals surface area contributed by atoms with E-state index in [9.17, 15) is 14.7 Å². The Hall–Kier alpha value is -3.06. The minimum absolute atomic E-state index is 0.0282. The molecule has 0 amide bonds. The summed E-state index contributed by atoms with van der Waals surface area (Å²) in [6, 6.07) is 6.62. The molecule has 2 aromatic heterocycles. The van der Waals surface area contributed by atoms with Gasteiger partial charge in [-0.05, 0) is 75.6 Å².